The number of ketones is 1. The Balaban J connectivity index is 0.00000320. The van der Waals surface area contributed by atoms with E-state index in [9.17, 15) is 30.0 Å². The first-order valence-electron chi connectivity index (χ1n) is 8.21. The van der Waals surface area contributed by atoms with E-state index in [-0.39, 0.29) is 47.5 Å². The van der Waals surface area contributed by atoms with Gasteiger partial charge in [-0.2, -0.15) is 0 Å². The Kier molecular flexibility index (Phi) is 6.73. The second-order valence-corrected chi connectivity index (χ2v) is 7.75. The van der Waals surface area contributed by atoms with Crippen molar-refractivity contribution in [2.75, 3.05) is 0 Å². The molecule has 0 radical (unpaired) electrons. The summed E-state index contributed by atoms with van der Waals surface area (Å²) in [6.45, 7) is 2.93. The van der Waals surface area contributed by atoms with Crippen LogP contribution in [-0.4, -0.2) is 32.2 Å². The molecule has 0 saturated heterocycles. The predicted molar refractivity (Wildman–Crippen MR) is 116 cm³/mol. The second-order valence-electron chi connectivity index (χ2n) is 6.04. The van der Waals surface area contributed by atoms with Crippen molar-refractivity contribution in [3.63, 3.8) is 0 Å². The molecule has 10 heteroatoms. The molecule has 3 rings (SSSR count). The van der Waals surface area contributed by atoms with Gasteiger partial charge in [0.15, 0.2) is 22.9 Å². The molecule has 0 unspecified atom stereocenters. The molecule has 0 aliphatic heterocycles. The van der Waals surface area contributed by atoms with Crippen molar-refractivity contribution in [2.24, 2.45) is 0 Å². The van der Waals surface area contributed by atoms with Gasteiger partial charge in [0, 0.05) is 18.9 Å². The number of rotatable bonds is 4. The van der Waals surface area contributed by atoms with Crippen LogP contribution in [-0.2, 0) is 11.2 Å². The van der Waals surface area contributed by atoms with Crippen LogP contribution in [0.15, 0.2) is 25.5 Å². The van der Waals surface area contributed by atoms with E-state index in [1.54, 1.807) is 6.92 Å². The molecule has 4 N–H and O–H groups in total. The molecule has 0 atom stereocenters. The molecule has 0 aliphatic rings. The van der Waals surface area contributed by atoms with E-state index in [1.165, 1.54) is 19.1 Å². The Morgan fingerprint density at radius 1 is 1.00 bits per heavy atom. The molecule has 0 bridgehead atoms. The van der Waals surface area contributed by atoms with Gasteiger partial charge in [-0.1, -0.05) is 14.4 Å². The van der Waals surface area contributed by atoms with Crippen LogP contribution in [0.25, 0.3) is 11.0 Å². The van der Waals surface area contributed by atoms with Gasteiger partial charge in [-0.15, -0.1) is 0 Å². The fourth-order valence-electron chi connectivity index (χ4n) is 2.89. The van der Waals surface area contributed by atoms with Crippen molar-refractivity contribution < 1.29 is 39.2 Å². The van der Waals surface area contributed by atoms with E-state index < -0.39 is 34.8 Å². The molecular formula is C20H18Br2O8. The number of halogens is 2. The van der Waals surface area contributed by atoms with E-state index in [4.69, 9.17) is 9.15 Å². The first-order chi connectivity index (χ1) is 13.6. The molecule has 1 heterocycles. The van der Waals surface area contributed by atoms with E-state index >= 15 is 0 Å². The number of carbonyl (C=O) groups excluding carboxylic acids is 2. The van der Waals surface area contributed by atoms with Crippen LogP contribution in [0.3, 0.4) is 0 Å². The van der Waals surface area contributed by atoms with Crippen LogP contribution >= 0.6 is 31.9 Å². The maximum atomic E-state index is 13.3. The zero-order valence-electron chi connectivity index (χ0n) is 15.0. The van der Waals surface area contributed by atoms with Gasteiger partial charge < -0.3 is 29.6 Å². The monoisotopic (exact) mass is 544 g/mol. The number of fused-ring (bicyclic) bond motifs is 1. The predicted octanol–water partition coefficient (Wildman–Crippen LogP) is 5.14. The topological polar surface area (TPSA) is 137 Å². The molecule has 0 amide bonds. The zero-order valence-corrected chi connectivity index (χ0v) is 18.2. The van der Waals surface area contributed by atoms with Crippen LogP contribution in [0.5, 0.6) is 28.7 Å². The lowest BCUT2D eigenvalue weighted by molar-refractivity contribution is -0.131. The van der Waals surface area contributed by atoms with Gasteiger partial charge in [-0.25, -0.2) is 0 Å². The van der Waals surface area contributed by atoms with E-state index in [0.717, 1.165) is 0 Å². The van der Waals surface area contributed by atoms with Gasteiger partial charge in [0.1, 0.15) is 5.76 Å². The third kappa shape index (κ3) is 3.72. The fraction of sp³-hybridized carbons (Fsp3) is 0.200. The molecule has 3 aromatic rings. The standard InChI is InChI=1S/C19H14Br2O8.CH4/c1-3-10-11(12-14(24)15(25)16(26)17(27)19(12)29-10)13(23)7-4-8(20)18(9(21)5-7)28-6(2)22;/h4-5,24-27H,3H2,1-2H3;1H4. The number of hydrogen-bond donors (Lipinski definition) is 4. The third-order valence-electron chi connectivity index (χ3n) is 4.16. The Morgan fingerprint density at radius 3 is 2.03 bits per heavy atom. The maximum Gasteiger partial charge on any atom is 0.308 e. The third-order valence-corrected chi connectivity index (χ3v) is 5.34. The molecule has 1 aromatic heterocycles. The van der Waals surface area contributed by atoms with E-state index in [0.29, 0.717) is 8.95 Å². The van der Waals surface area contributed by atoms with Crippen LogP contribution in [0.2, 0.25) is 0 Å². The quantitative estimate of drug-likeness (QED) is 0.116. The highest BCUT2D eigenvalue weighted by atomic mass is 79.9. The molecule has 2 aromatic carbocycles. The van der Waals surface area contributed by atoms with Gasteiger partial charge in [0.05, 0.1) is 19.9 Å². The second kappa shape index (κ2) is 8.57. The summed E-state index contributed by atoms with van der Waals surface area (Å²) in [5.41, 5.74) is -0.263. The molecule has 0 saturated carbocycles. The summed E-state index contributed by atoms with van der Waals surface area (Å²) >= 11 is 6.49. The Morgan fingerprint density at radius 2 is 1.53 bits per heavy atom. The van der Waals surface area contributed by atoms with Crippen LogP contribution in [0.4, 0.5) is 0 Å². The van der Waals surface area contributed by atoms with Crippen molar-refractivity contribution in [1.82, 2.24) is 0 Å². The highest BCUT2D eigenvalue weighted by Gasteiger charge is 2.30. The Labute approximate surface area is 188 Å². The molecule has 160 valence electrons. The van der Waals surface area contributed by atoms with Crippen molar-refractivity contribution >= 4 is 54.6 Å². The summed E-state index contributed by atoms with van der Waals surface area (Å²) < 4.78 is 11.2. The lowest BCUT2D eigenvalue weighted by Gasteiger charge is -2.10. The van der Waals surface area contributed by atoms with E-state index in [2.05, 4.69) is 31.9 Å². The van der Waals surface area contributed by atoms with Gasteiger partial charge in [0.2, 0.25) is 17.2 Å². The SMILES string of the molecule is C.CCc1oc2c(O)c(O)c(O)c(O)c2c1C(=O)c1cc(Br)c(OC(C)=O)c(Br)c1. The first kappa shape index (κ1) is 23.6. The smallest absolute Gasteiger partial charge is 0.308 e. The summed E-state index contributed by atoms with van der Waals surface area (Å²) in [5.74, 6) is -4.33. The number of aromatic hydroxyl groups is 4. The first-order valence-corrected chi connectivity index (χ1v) is 9.80. The number of benzene rings is 2. The maximum absolute atomic E-state index is 13.3. The number of aryl methyl sites for hydroxylation is 1. The highest BCUT2D eigenvalue weighted by Crippen LogP contribution is 2.51. The number of hydrogen-bond acceptors (Lipinski definition) is 8. The van der Waals surface area contributed by atoms with Gasteiger partial charge in [-0.3, -0.25) is 9.59 Å². The number of esters is 1. The molecule has 0 spiro atoms. The van der Waals surface area contributed by atoms with Crippen LogP contribution in [0, 0.1) is 0 Å². The zero-order chi connectivity index (χ0) is 21.6. The number of furan rings is 1. The fourth-order valence-corrected chi connectivity index (χ4v) is 4.24. The Hall–Kier alpha value is -2.72. The number of phenols is 4. The lowest BCUT2D eigenvalue weighted by Crippen LogP contribution is -2.06. The van der Waals surface area contributed by atoms with Crippen molar-refractivity contribution in [3.8, 4) is 28.7 Å². The minimum Gasteiger partial charge on any atom is -0.504 e. The van der Waals surface area contributed by atoms with Gasteiger partial charge in [0.25, 0.3) is 0 Å². The summed E-state index contributed by atoms with van der Waals surface area (Å²) in [5, 5.41) is 39.7. The number of phenolic OH excluding ortho intramolecular Hbond substituents is 4. The van der Waals surface area contributed by atoms with Crippen molar-refractivity contribution in [2.45, 2.75) is 27.7 Å². The summed E-state index contributed by atoms with van der Waals surface area (Å²) in [7, 11) is 0. The average molecular weight is 546 g/mol. The van der Waals surface area contributed by atoms with Gasteiger partial charge >= 0.3 is 5.97 Å². The molecule has 0 aliphatic carbocycles. The van der Waals surface area contributed by atoms with Gasteiger partial charge in [-0.05, 0) is 44.0 Å². The van der Waals surface area contributed by atoms with E-state index in [1.807, 2.05) is 0 Å². The largest absolute Gasteiger partial charge is 0.504 e. The number of ether oxygens (including phenoxy) is 1. The average Bonchev–Trinajstić information content (AvgIpc) is 3.06. The van der Waals surface area contributed by atoms with Crippen LogP contribution < -0.4 is 4.74 Å². The molecule has 0 fully saturated rings. The number of carbonyl (C=O) groups is 2. The minimum absolute atomic E-state index is 0. The highest BCUT2D eigenvalue weighted by molar-refractivity contribution is 9.11. The van der Waals surface area contributed by atoms with Crippen LogP contribution in [0.1, 0.15) is 43.0 Å². The van der Waals surface area contributed by atoms with Crippen molar-refractivity contribution in [1.29, 1.82) is 0 Å². The van der Waals surface area contributed by atoms with Crippen molar-refractivity contribution in [3.05, 3.63) is 38.0 Å². The lowest BCUT2D eigenvalue weighted by atomic mass is 9.98. The molecule has 8 nitrogen and oxygen atoms in total. The molecular weight excluding hydrogens is 528 g/mol. The minimum atomic E-state index is -0.972. The summed E-state index contributed by atoms with van der Waals surface area (Å²) in [6.07, 6.45) is 0.226. The Bertz CT molecular complexity index is 1160. The molecule has 30 heavy (non-hydrogen) atoms. The summed E-state index contributed by atoms with van der Waals surface area (Å²) in [4.78, 5) is 24.5. The normalized spacial score (nSPS) is 10.7. The summed E-state index contributed by atoms with van der Waals surface area (Å²) in [6, 6.07) is 2.83.